The summed E-state index contributed by atoms with van der Waals surface area (Å²) in [5.41, 5.74) is -0.0102. The first-order chi connectivity index (χ1) is 17.1. The summed E-state index contributed by atoms with van der Waals surface area (Å²) >= 11 is 0. The number of nitrogens with zero attached hydrogens (tertiary/aromatic N) is 4. The lowest BCUT2D eigenvalue weighted by Crippen LogP contribution is -2.29. The van der Waals surface area contributed by atoms with Crippen LogP contribution in [0.4, 0.5) is 30.8 Å². The van der Waals surface area contributed by atoms with Gasteiger partial charge in [0.05, 0.1) is 24.9 Å². The molecule has 11 heteroatoms. The largest absolute Gasteiger partial charge is 0.393 e. The number of nitrogens with one attached hydrogen (secondary N) is 2. The van der Waals surface area contributed by atoms with Crippen molar-refractivity contribution >= 4 is 28.7 Å². The maximum absolute atomic E-state index is 14.3. The molecule has 3 heterocycles. The Hall–Kier alpha value is -2.92. The molecule has 8 nitrogen and oxygen atoms in total. The molecule has 5 rings (SSSR count). The summed E-state index contributed by atoms with van der Waals surface area (Å²) in [5, 5.41) is 15.5. The number of aliphatic hydroxyl groups is 1. The molecule has 1 aliphatic heterocycles. The summed E-state index contributed by atoms with van der Waals surface area (Å²) in [7, 11) is 0. The van der Waals surface area contributed by atoms with Crippen LogP contribution in [0, 0.1) is 17.5 Å². The normalized spacial score (nSPS) is 31.6. The highest BCUT2D eigenvalue weighted by atomic mass is 19.1. The fraction of sp³-hybridized carbons (Fsp3) is 0.476. The van der Waals surface area contributed by atoms with Crippen LogP contribution < -0.4 is 10.6 Å². The summed E-state index contributed by atoms with van der Waals surface area (Å²) in [4.78, 5) is 13.0. The molecule has 0 amide bonds. The van der Waals surface area contributed by atoms with E-state index in [0.717, 1.165) is 0 Å². The molecule has 0 spiro atoms. The average Bonchev–Trinajstić information content (AvgIpc) is 3.46. The molecule has 32 heavy (non-hydrogen) atoms. The molecule has 1 aliphatic carbocycles. The molecule has 5 unspecified atom stereocenters. The zero-order valence-electron chi connectivity index (χ0n) is 20.7. The molecule has 0 radical (unpaired) electrons. The van der Waals surface area contributed by atoms with Gasteiger partial charge in [0, 0.05) is 30.3 Å². The van der Waals surface area contributed by atoms with Crippen LogP contribution in [0.1, 0.15) is 43.5 Å². The van der Waals surface area contributed by atoms with Crippen LogP contribution in [0.3, 0.4) is 0 Å². The van der Waals surface area contributed by atoms with E-state index < -0.39 is 54.5 Å². The van der Waals surface area contributed by atoms with Gasteiger partial charge in [-0.1, -0.05) is 0 Å². The third kappa shape index (κ3) is 4.09. The lowest BCUT2D eigenvalue weighted by Gasteiger charge is -2.26. The Morgan fingerprint density at radius 1 is 1.16 bits per heavy atom. The van der Waals surface area contributed by atoms with Crippen molar-refractivity contribution in [3.8, 4) is 0 Å². The Balaban J connectivity index is 1.52. The lowest BCUT2D eigenvalue weighted by atomic mass is 9.93. The highest BCUT2D eigenvalue weighted by Crippen LogP contribution is 2.32. The fourth-order valence-electron chi connectivity index (χ4n) is 3.79. The van der Waals surface area contributed by atoms with Gasteiger partial charge >= 0.3 is 0 Å². The van der Waals surface area contributed by atoms with E-state index in [9.17, 15) is 18.3 Å². The standard InChI is InChI=1S/C21H23F3N6O2/c22-11-7-15(23)18(16(24)8-11)28-21-27-17-9-25-20(26-12-1-3-14(31)4-2-12)29-19(17)30(21)13-5-6-32-10-13/h7-9,12-14,31H,1-6,10H2,(H,27,28)(H,25,26,29)/i1D,3D2,4D. The third-order valence-corrected chi connectivity index (χ3v) is 5.34. The van der Waals surface area contributed by atoms with Gasteiger partial charge in [-0.15, -0.1) is 0 Å². The average molecular weight is 452 g/mol. The van der Waals surface area contributed by atoms with Crippen LogP contribution in [-0.4, -0.2) is 50.0 Å². The third-order valence-electron chi connectivity index (χ3n) is 5.34. The fourth-order valence-corrected chi connectivity index (χ4v) is 3.79. The monoisotopic (exact) mass is 452 g/mol. The van der Waals surface area contributed by atoms with Gasteiger partial charge in [-0.25, -0.2) is 23.1 Å². The first-order valence-electron chi connectivity index (χ1n) is 12.2. The van der Waals surface area contributed by atoms with E-state index in [0.29, 0.717) is 25.2 Å². The quantitative estimate of drug-likeness (QED) is 0.544. The molecule has 1 saturated carbocycles. The van der Waals surface area contributed by atoms with Gasteiger partial charge in [0.2, 0.25) is 11.9 Å². The molecule has 3 aromatic rings. The van der Waals surface area contributed by atoms with Gasteiger partial charge in [-0.2, -0.15) is 4.98 Å². The minimum Gasteiger partial charge on any atom is -0.393 e. The summed E-state index contributed by atoms with van der Waals surface area (Å²) in [6, 6.07) is -0.0350. The second kappa shape index (κ2) is 8.55. The maximum Gasteiger partial charge on any atom is 0.224 e. The summed E-state index contributed by atoms with van der Waals surface area (Å²) in [6.07, 6.45) is -4.49. The van der Waals surface area contributed by atoms with Gasteiger partial charge in [-0.05, 0) is 32.0 Å². The molecular formula is C21H23F3N6O2. The van der Waals surface area contributed by atoms with Crippen molar-refractivity contribution in [2.24, 2.45) is 0 Å². The molecule has 2 fully saturated rings. The van der Waals surface area contributed by atoms with Crippen molar-refractivity contribution in [2.75, 3.05) is 23.8 Å². The number of aliphatic hydroxyl groups excluding tert-OH is 1. The molecule has 0 bridgehead atoms. The van der Waals surface area contributed by atoms with E-state index in [1.54, 1.807) is 4.57 Å². The number of anilines is 3. The molecule has 2 aliphatic rings. The van der Waals surface area contributed by atoms with Crippen LogP contribution >= 0.6 is 0 Å². The minimum atomic E-state index is -2.31. The van der Waals surface area contributed by atoms with E-state index >= 15 is 0 Å². The van der Waals surface area contributed by atoms with E-state index in [4.69, 9.17) is 10.2 Å². The Morgan fingerprint density at radius 3 is 2.72 bits per heavy atom. The van der Waals surface area contributed by atoms with E-state index in [2.05, 4.69) is 25.6 Å². The number of imidazole rings is 1. The van der Waals surface area contributed by atoms with Crippen molar-refractivity contribution in [1.29, 1.82) is 0 Å². The second-order valence-electron chi connectivity index (χ2n) is 7.60. The number of hydrogen-bond donors (Lipinski definition) is 3. The summed E-state index contributed by atoms with van der Waals surface area (Å²) in [6.45, 7) is 0.738. The number of fused-ring (bicyclic) bond motifs is 1. The van der Waals surface area contributed by atoms with Gasteiger partial charge < -0.3 is 20.5 Å². The Kier molecular flexibility index (Phi) is 4.45. The van der Waals surface area contributed by atoms with Crippen LogP contribution in [0.15, 0.2) is 18.3 Å². The minimum absolute atomic E-state index is 0.00188. The van der Waals surface area contributed by atoms with Gasteiger partial charge in [0.25, 0.3) is 0 Å². The smallest absolute Gasteiger partial charge is 0.224 e. The van der Waals surface area contributed by atoms with E-state index in [-0.39, 0.29) is 42.1 Å². The molecule has 5 atom stereocenters. The predicted octanol–water partition coefficient (Wildman–Crippen LogP) is 3.66. The molecular weight excluding hydrogens is 425 g/mol. The van der Waals surface area contributed by atoms with E-state index in [1.165, 1.54) is 6.20 Å². The van der Waals surface area contributed by atoms with E-state index in [1.807, 2.05) is 0 Å². The highest BCUT2D eigenvalue weighted by Gasteiger charge is 2.27. The zero-order chi connectivity index (χ0) is 25.8. The molecule has 2 aromatic heterocycles. The maximum atomic E-state index is 14.3. The van der Waals surface area contributed by atoms with Gasteiger partial charge in [-0.3, -0.25) is 4.57 Å². The molecule has 170 valence electrons. The number of benzene rings is 1. The second-order valence-corrected chi connectivity index (χ2v) is 7.60. The van der Waals surface area contributed by atoms with Crippen molar-refractivity contribution in [2.45, 2.75) is 50.2 Å². The number of halogens is 3. The number of aromatic nitrogens is 4. The highest BCUT2D eigenvalue weighted by molar-refractivity contribution is 5.76. The van der Waals surface area contributed by atoms with Gasteiger partial charge in [0.15, 0.2) is 17.3 Å². The summed E-state index contributed by atoms with van der Waals surface area (Å²) in [5.74, 6) is -3.25. The van der Waals surface area contributed by atoms with Gasteiger partial charge in [0.1, 0.15) is 17.0 Å². The Labute approximate surface area is 187 Å². The molecule has 3 N–H and O–H groups in total. The van der Waals surface area contributed by atoms with Crippen LogP contribution in [0.5, 0.6) is 0 Å². The number of ether oxygens (including phenoxy) is 1. The molecule has 1 aromatic carbocycles. The summed E-state index contributed by atoms with van der Waals surface area (Å²) < 4.78 is 81.3. The van der Waals surface area contributed by atoms with Crippen LogP contribution in [0.2, 0.25) is 0 Å². The van der Waals surface area contributed by atoms with Crippen molar-refractivity contribution < 1.29 is 28.5 Å². The topological polar surface area (TPSA) is 97.1 Å². The van der Waals surface area contributed by atoms with Crippen molar-refractivity contribution in [1.82, 2.24) is 19.5 Å². The van der Waals surface area contributed by atoms with Crippen LogP contribution in [-0.2, 0) is 4.74 Å². The number of rotatable bonds is 5. The first-order valence-corrected chi connectivity index (χ1v) is 10.1. The number of hydrogen-bond acceptors (Lipinski definition) is 7. The zero-order valence-corrected chi connectivity index (χ0v) is 16.7. The predicted molar refractivity (Wildman–Crippen MR) is 111 cm³/mol. The van der Waals surface area contributed by atoms with Crippen LogP contribution in [0.25, 0.3) is 11.2 Å². The lowest BCUT2D eigenvalue weighted by molar-refractivity contribution is 0.126. The molecule has 1 saturated heterocycles. The van der Waals surface area contributed by atoms with Crippen molar-refractivity contribution in [3.05, 3.63) is 35.8 Å². The SMILES string of the molecule is [2H]C1CC(Nc2ncc3nc(Nc4c(F)cc(F)cc4F)n(C4CCOC4)c3n2)C([2H])C([2H])([2H])C1O. The van der Waals surface area contributed by atoms with Crippen molar-refractivity contribution in [3.63, 3.8) is 0 Å². The first kappa shape index (κ1) is 16.7. The Bertz CT molecular complexity index is 1270. The Morgan fingerprint density at radius 2 is 1.97 bits per heavy atom.